The monoisotopic (exact) mass is 304 g/mol. The number of hydrogen-bond acceptors (Lipinski definition) is 2. The van der Waals surface area contributed by atoms with Crippen LogP contribution in [0.25, 0.3) is 0 Å². The molecule has 1 rings (SSSR count). The second-order valence-electron chi connectivity index (χ2n) is 5.59. The summed E-state index contributed by atoms with van der Waals surface area (Å²) < 4.78 is 0. The van der Waals surface area contributed by atoms with E-state index >= 15 is 0 Å². The fraction of sp³-hybridized carbons (Fsp3) is 0.556. The first-order valence-corrected chi connectivity index (χ1v) is 8.27. The zero-order chi connectivity index (χ0) is 16.4. The molecule has 2 N–H and O–H groups in total. The molecule has 0 saturated heterocycles. The van der Waals surface area contributed by atoms with Crippen molar-refractivity contribution >= 4 is 23.2 Å². The Kier molecular flexibility index (Phi) is 8.26. The van der Waals surface area contributed by atoms with Crippen molar-refractivity contribution in [1.82, 2.24) is 0 Å². The van der Waals surface area contributed by atoms with Crippen molar-refractivity contribution in [3.8, 4) is 0 Å². The molecule has 0 saturated carbocycles. The van der Waals surface area contributed by atoms with Crippen LogP contribution in [0.1, 0.15) is 64.4 Å². The van der Waals surface area contributed by atoms with Crippen LogP contribution in [0.2, 0.25) is 0 Å². The molecule has 0 fully saturated rings. The number of benzene rings is 1. The van der Waals surface area contributed by atoms with Gasteiger partial charge in [0, 0.05) is 24.2 Å². The average Bonchev–Trinajstić information content (AvgIpc) is 2.51. The number of carbonyl (C=O) groups excluding carboxylic acids is 2. The first-order valence-electron chi connectivity index (χ1n) is 8.27. The summed E-state index contributed by atoms with van der Waals surface area (Å²) in [5, 5.41) is 5.79. The molecule has 0 atom stereocenters. The highest BCUT2D eigenvalue weighted by molar-refractivity contribution is 5.95. The lowest BCUT2D eigenvalue weighted by atomic mass is 10.1. The fourth-order valence-corrected chi connectivity index (χ4v) is 2.25. The van der Waals surface area contributed by atoms with Crippen LogP contribution in [0.4, 0.5) is 11.4 Å². The molecule has 1 aromatic rings. The van der Waals surface area contributed by atoms with Crippen molar-refractivity contribution in [2.45, 2.75) is 65.7 Å². The van der Waals surface area contributed by atoms with Gasteiger partial charge in [-0.15, -0.1) is 0 Å². The van der Waals surface area contributed by atoms with E-state index < -0.39 is 0 Å². The minimum atomic E-state index is -0.0255. The van der Waals surface area contributed by atoms with Gasteiger partial charge in [-0.3, -0.25) is 9.59 Å². The lowest BCUT2D eigenvalue weighted by Gasteiger charge is -2.13. The molecule has 4 heteroatoms. The lowest BCUT2D eigenvalue weighted by Crippen LogP contribution is -2.14. The smallest absolute Gasteiger partial charge is 0.224 e. The number of unbranched alkanes of at least 4 members (excludes halogenated alkanes) is 4. The van der Waals surface area contributed by atoms with E-state index in [4.69, 9.17) is 0 Å². The Bertz CT molecular complexity index is 498. The van der Waals surface area contributed by atoms with Gasteiger partial charge in [-0.1, -0.05) is 45.6 Å². The molecule has 0 aliphatic heterocycles. The Morgan fingerprint density at radius 1 is 0.909 bits per heavy atom. The molecule has 122 valence electrons. The van der Waals surface area contributed by atoms with Crippen LogP contribution < -0.4 is 10.6 Å². The van der Waals surface area contributed by atoms with Crippen LogP contribution in [-0.4, -0.2) is 11.8 Å². The van der Waals surface area contributed by atoms with E-state index in [1.54, 1.807) is 0 Å². The summed E-state index contributed by atoms with van der Waals surface area (Å²) in [4.78, 5) is 23.5. The Labute approximate surface area is 133 Å². The standard InChI is InChI=1S/C18H28N2O2/c1-4-6-7-8-9-13-18(22)20-16-12-10-11-15(14(16)3)19-17(21)5-2/h10-12H,4-9,13H2,1-3H3,(H,19,21)(H,20,22). The van der Waals surface area contributed by atoms with Crippen LogP contribution >= 0.6 is 0 Å². The molecule has 0 aliphatic rings. The van der Waals surface area contributed by atoms with Gasteiger partial charge >= 0.3 is 0 Å². The molecule has 0 aliphatic carbocycles. The van der Waals surface area contributed by atoms with E-state index in [1.165, 1.54) is 19.3 Å². The summed E-state index contributed by atoms with van der Waals surface area (Å²) >= 11 is 0. The van der Waals surface area contributed by atoms with Gasteiger partial charge in [-0.05, 0) is 31.0 Å². The second kappa shape index (κ2) is 9.98. The average molecular weight is 304 g/mol. The molecule has 0 heterocycles. The maximum absolute atomic E-state index is 12.0. The topological polar surface area (TPSA) is 58.2 Å². The highest BCUT2D eigenvalue weighted by Crippen LogP contribution is 2.23. The Balaban J connectivity index is 2.52. The highest BCUT2D eigenvalue weighted by atomic mass is 16.2. The van der Waals surface area contributed by atoms with E-state index in [1.807, 2.05) is 32.0 Å². The minimum absolute atomic E-state index is 0.0255. The van der Waals surface area contributed by atoms with Crippen molar-refractivity contribution < 1.29 is 9.59 Å². The number of amides is 2. The first-order chi connectivity index (χ1) is 10.6. The minimum Gasteiger partial charge on any atom is -0.326 e. The molecule has 0 radical (unpaired) electrons. The molecule has 2 amide bonds. The maximum atomic E-state index is 12.0. The van der Waals surface area contributed by atoms with Gasteiger partial charge in [0.05, 0.1) is 0 Å². The zero-order valence-corrected chi connectivity index (χ0v) is 14.0. The molecule has 0 unspecified atom stereocenters. The summed E-state index contributed by atoms with van der Waals surface area (Å²) in [5.41, 5.74) is 2.42. The van der Waals surface area contributed by atoms with E-state index in [2.05, 4.69) is 17.6 Å². The molecule has 22 heavy (non-hydrogen) atoms. The quantitative estimate of drug-likeness (QED) is 0.653. The predicted octanol–water partition coefficient (Wildman–Crippen LogP) is 4.64. The number of rotatable bonds is 9. The van der Waals surface area contributed by atoms with Gasteiger partial charge in [-0.25, -0.2) is 0 Å². The molecule has 0 aromatic heterocycles. The van der Waals surface area contributed by atoms with Gasteiger partial charge in [0.15, 0.2) is 0 Å². The maximum Gasteiger partial charge on any atom is 0.224 e. The summed E-state index contributed by atoms with van der Waals surface area (Å²) in [7, 11) is 0. The lowest BCUT2D eigenvalue weighted by molar-refractivity contribution is -0.116. The number of carbonyl (C=O) groups is 2. The van der Waals surface area contributed by atoms with Gasteiger partial charge in [0.2, 0.25) is 11.8 Å². The Hall–Kier alpha value is -1.84. The van der Waals surface area contributed by atoms with Gasteiger partial charge in [0.1, 0.15) is 0 Å². The molecular weight excluding hydrogens is 276 g/mol. The highest BCUT2D eigenvalue weighted by Gasteiger charge is 2.09. The van der Waals surface area contributed by atoms with Crippen molar-refractivity contribution in [2.75, 3.05) is 10.6 Å². The molecular formula is C18H28N2O2. The van der Waals surface area contributed by atoms with Gasteiger partial charge in [0.25, 0.3) is 0 Å². The van der Waals surface area contributed by atoms with E-state index in [-0.39, 0.29) is 11.8 Å². The predicted molar refractivity (Wildman–Crippen MR) is 92.1 cm³/mol. The van der Waals surface area contributed by atoms with Crippen LogP contribution in [0, 0.1) is 6.92 Å². The molecule has 0 spiro atoms. The number of nitrogens with one attached hydrogen (secondary N) is 2. The third-order valence-electron chi connectivity index (χ3n) is 3.71. The second-order valence-corrected chi connectivity index (χ2v) is 5.59. The number of hydrogen-bond donors (Lipinski definition) is 2. The Morgan fingerprint density at radius 2 is 1.50 bits per heavy atom. The summed E-state index contributed by atoms with van der Waals surface area (Å²) in [5.74, 6) is 0.0149. The van der Waals surface area contributed by atoms with E-state index in [9.17, 15) is 9.59 Å². The van der Waals surface area contributed by atoms with Crippen LogP contribution in [0.3, 0.4) is 0 Å². The third kappa shape index (κ3) is 6.29. The number of anilines is 2. The van der Waals surface area contributed by atoms with Gasteiger partial charge in [-0.2, -0.15) is 0 Å². The van der Waals surface area contributed by atoms with Crippen LogP contribution in [0.15, 0.2) is 18.2 Å². The van der Waals surface area contributed by atoms with Crippen molar-refractivity contribution in [1.29, 1.82) is 0 Å². The summed E-state index contributed by atoms with van der Waals surface area (Å²) in [6, 6.07) is 5.56. The largest absolute Gasteiger partial charge is 0.326 e. The van der Waals surface area contributed by atoms with Crippen LogP contribution in [-0.2, 0) is 9.59 Å². The van der Waals surface area contributed by atoms with E-state index in [0.29, 0.717) is 12.8 Å². The molecule has 1 aromatic carbocycles. The zero-order valence-electron chi connectivity index (χ0n) is 14.0. The van der Waals surface area contributed by atoms with E-state index in [0.717, 1.165) is 29.8 Å². The summed E-state index contributed by atoms with van der Waals surface area (Å²) in [6.45, 7) is 5.90. The van der Waals surface area contributed by atoms with Crippen LogP contribution in [0.5, 0.6) is 0 Å². The van der Waals surface area contributed by atoms with Crippen molar-refractivity contribution in [3.63, 3.8) is 0 Å². The molecule has 4 nitrogen and oxygen atoms in total. The SMILES string of the molecule is CCCCCCCC(=O)Nc1cccc(NC(=O)CC)c1C. The van der Waals surface area contributed by atoms with Crippen molar-refractivity contribution in [2.24, 2.45) is 0 Å². The van der Waals surface area contributed by atoms with Crippen molar-refractivity contribution in [3.05, 3.63) is 23.8 Å². The first kappa shape index (κ1) is 18.2. The third-order valence-corrected chi connectivity index (χ3v) is 3.71. The fourth-order valence-electron chi connectivity index (χ4n) is 2.25. The van der Waals surface area contributed by atoms with Gasteiger partial charge < -0.3 is 10.6 Å². The summed E-state index contributed by atoms with van der Waals surface area (Å²) in [6.07, 6.45) is 6.66. The Morgan fingerprint density at radius 3 is 2.09 bits per heavy atom. The normalized spacial score (nSPS) is 10.3. The molecule has 0 bridgehead atoms.